The second-order valence-corrected chi connectivity index (χ2v) is 6.44. The van der Waals surface area contributed by atoms with Crippen molar-refractivity contribution in [2.45, 2.75) is 19.4 Å². The number of anilines is 1. The van der Waals surface area contributed by atoms with Gasteiger partial charge in [0.15, 0.2) is 0 Å². The Kier molecular flexibility index (Phi) is 5.52. The third-order valence-corrected chi connectivity index (χ3v) is 4.41. The quantitative estimate of drug-likeness (QED) is 0.655. The SMILES string of the molecule is Cc1cc(NC(=O)NCCN2CCC(NC(=O)O)C2)c2ccccc2n1. The molecule has 0 aliphatic carbocycles. The van der Waals surface area contributed by atoms with E-state index in [-0.39, 0.29) is 12.1 Å². The van der Waals surface area contributed by atoms with Gasteiger partial charge in [-0.15, -0.1) is 0 Å². The number of rotatable bonds is 5. The van der Waals surface area contributed by atoms with Crippen molar-refractivity contribution in [2.24, 2.45) is 0 Å². The van der Waals surface area contributed by atoms with E-state index < -0.39 is 6.09 Å². The van der Waals surface area contributed by atoms with Crippen LogP contribution in [0.25, 0.3) is 10.9 Å². The lowest BCUT2D eigenvalue weighted by Crippen LogP contribution is -2.39. The minimum atomic E-state index is -0.991. The first-order chi connectivity index (χ1) is 12.5. The van der Waals surface area contributed by atoms with Gasteiger partial charge in [0, 0.05) is 43.3 Å². The van der Waals surface area contributed by atoms with Gasteiger partial charge in [0.1, 0.15) is 0 Å². The van der Waals surface area contributed by atoms with E-state index in [2.05, 4.69) is 25.8 Å². The summed E-state index contributed by atoms with van der Waals surface area (Å²) in [5, 5.41) is 17.9. The van der Waals surface area contributed by atoms with E-state index in [1.54, 1.807) is 0 Å². The van der Waals surface area contributed by atoms with Crippen molar-refractivity contribution in [1.82, 2.24) is 20.5 Å². The molecule has 0 bridgehead atoms. The molecule has 3 rings (SSSR count). The highest BCUT2D eigenvalue weighted by Crippen LogP contribution is 2.22. The van der Waals surface area contributed by atoms with Crippen LogP contribution in [0.4, 0.5) is 15.3 Å². The van der Waals surface area contributed by atoms with Crippen LogP contribution >= 0.6 is 0 Å². The van der Waals surface area contributed by atoms with Gasteiger partial charge in [0.25, 0.3) is 0 Å². The summed E-state index contributed by atoms with van der Waals surface area (Å²) in [6, 6.07) is 9.23. The minimum absolute atomic E-state index is 0.0347. The van der Waals surface area contributed by atoms with Crippen LogP contribution in [0.2, 0.25) is 0 Å². The molecule has 1 fully saturated rings. The fourth-order valence-electron chi connectivity index (χ4n) is 3.23. The van der Waals surface area contributed by atoms with Gasteiger partial charge in [-0.2, -0.15) is 0 Å². The van der Waals surface area contributed by atoms with Gasteiger partial charge in [0.2, 0.25) is 0 Å². The van der Waals surface area contributed by atoms with Gasteiger partial charge < -0.3 is 21.1 Å². The summed E-state index contributed by atoms with van der Waals surface area (Å²) in [5.41, 5.74) is 2.42. The van der Waals surface area contributed by atoms with Crippen molar-refractivity contribution < 1.29 is 14.7 Å². The number of amides is 3. The zero-order valence-electron chi connectivity index (χ0n) is 14.7. The molecular weight excluding hydrogens is 334 g/mol. The number of carboxylic acid groups (broad SMARTS) is 1. The predicted octanol–water partition coefficient (Wildman–Crippen LogP) is 2.01. The number of likely N-dealkylation sites (tertiary alicyclic amines) is 1. The minimum Gasteiger partial charge on any atom is -0.465 e. The standard InChI is InChI=1S/C18H23N5O3/c1-12-10-16(14-4-2-3-5-15(14)20-12)22-17(24)19-7-9-23-8-6-13(11-23)21-18(25)26/h2-5,10,13,21H,6-9,11H2,1H3,(H,25,26)(H2,19,20,22,24). The Bertz CT molecular complexity index is 811. The first-order valence-electron chi connectivity index (χ1n) is 8.64. The van der Waals surface area contributed by atoms with E-state index >= 15 is 0 Å². The van der Waals surface area contributed by atoms with E-state index in [4.69, 9.17) is 5.11 Å². The van der Waals surface area contributed by atoms with Crippen molar-refractivity contribution in [3.63, 3.8) is 0 Å². The van der Waals surface area contributed by atoms with Crippen molar-refractivity contribution in [1.29, 1.82) is 0 Å². The molecule has 1 aromatic heterocycles. The maximum Gasteiger partial charge on any atom is 0.404 e. The number of hydrogen-bond donors (Lipinski definition) is 4. The molecule has 0 spiro atoms. The molecular formula is C18H23N5O3. The Hall–Kier alpha value is -2.87. The smallest absolute Gasteiger partial charge is 0.404 e. The van der Waals surface area contributed by atoms with Crippen LogP contribution in [0, 0.1) is 6.92 Å². The number of urea groups is 1. The highest BCUT2D eigenvalue weighted by Gasteiger charge is 2.23. The Morgan fingerprint density at radius 2 is 2.15 bits per heavy atom. The number of para-hydroxylation sites is 1. The zero-order valence-corrected chi connectivity index (χ0v) is 14.7. The maximum absolute atomic E-state index is 12.2. The van der Waals surface area contributed by atoms with E-state index in [0.29, 0.717) is 19.6 Å². The fourth-order valence-corrected chi connectivity index (χ4v) is 3.23. The third-order valence-electron chi connectivity index (χ3n) is 4.41. The van der Waals surface area contributed by atoms with Gasteiger partial charge >= 0.3 is 12.1 Å². The summed E-state index contributed by atoms with van der Waals surface area (Å²) < 4.78 is 0. The molecule has 3 amide bonds. The van der Waals surface area contributed by atoms with Gasteiger partial charge in [-0.1, -0.05) is 18.2 Å². The van der Waals surface area contributed by atoms with Crippen LogP contribution in [0.3, 0.4) is 0 Å². The maximum atomic E-state index is 12.2. The third kappa shape index (κ3) is 4.60. The average molecular weight is 357 g/mol. The monoisotopic (exact) mass is 357 g/mol. The highest BCUT2D eigenvalue weighted by atomic mass is 16.4. The van der Waals surface area contributed by atoms with Gasteiger partial charge in [0.05, 0.1) is 11.2 Å². The average Bonchev–Trinajstić information content (AvgIpc) is 3.01. The summed E-state index contributed by atoms with van der Waals surface area (Å²) in [4.78, 5) is 29.4. The predicted molar refractivity (Wildman–Crippen MR) is 99.5 cm³/mol. The number of pyridine rings is 1. The molecule has 1 aliphatic rings. The summed E-state index contributed by atoms with van der Waals surface area (Å²) in [5.74, 6) is 0. The Morgan fingerprint density at radius 3 is 2.96 bits per heavy atom. The first-order valence-corrected chi connectivity index (χ1v) is 8.64. The molecule has 4 N–H and O–H groups in total. The lowest BCUT2D eigenvalue weighted by atomic mass is 10.1. The molecule has 1 aliphatic heterocycles. The molecule has 8 nitrogen and oxygen atoms in total. The molecule has 1 atom stereocenters. The summed E-state index contributed by atoms with van der Waals surface area (Å²) in [6.45, 7) is 4.56. The largest absolute Gasteiger partial charge is 0.465 e. The first kappa shape index (κ1) is 17.9. The van der Waals surface area contributed by atoms with Crippen LogP contribution in [0.15, 0.2) is 30.3 Å². The molecule has 1 aromatic carbocycles. The van der Waals surface area contributed by atoms with Gasteiger partial charge in [-0.3, -0.25) is 9.88 Å². The van der Waals surface area contributed by atoms with Crippen LogP contribution < -0.4 is 16.0 Å². The number of nitrogens with zero attached hydrogens (tertiary/aromatic N) is 2. The Balaban J connectivity index is 1.49. The lowest BCUT2D eigenvalue weighted by Gasteiger charge is -2.16. The number of hydrogen-bond acceptors (Lipinski definition) is 4. The normalized spacial score (nSPS) is 17.2. The lowest BCUT2D eigenvalue weighted by molar-refractivity contribution is 0.189. The summed E-state index contributed by atoms with van der Waals surface area (Å²) in [7, 11) is 0. The number of carbonyl (C=O) groups is 2. The molecule has 1 unspecified atom stereocenters. The van der Waals surface area contributed by atoms with Crippen molar-refractivity contribution in [2.75, 3.05) is 31.5 Å². The number of carbonyl (C=O) groups excluding carboxylic acids is 1. The van der Waals surface area contributed by atoms with Crippen molar-refractivity contribution in [3.8, 4) is 0 Å². The van der Waals surface area contributed by atoms with Crippen LogP contribution in [0.5, 0.6) is 0 Å². The summed E-state index contributed by atoms with van der Waals surface area (Å²) in [6.07, 6.45) is -0.199. The molecule has 2 aromatic rings. The second-order valence-electron chi connectivity index (χ2n) is 6.44. The van der Waals surface area contributed by atoms with E-state index in [1.165, 1.54) is 0 Å². The van der Waals surface area contributed by atoms with Crippen LogP contribution in [0.1, 0.15) is 12.1 Å². The molecule has 26 heavy (non-hydrogen) atoms. The zero-order chi connectivity index (χ0) is 18.5. The summed E-state index contributed by atoms with van der Waals surface area (Å²) >= 11 is 0. The molecule has 0 saturated carbocycles. The second kappa shape index (κ2) is 8.01. The van der Waals surface area contributed by atoms with E-state index in [0.717, 1.165) is 35.2 Å². The van der Waals surface area contributed by atoms with Crippen LogP contribution in [-0.4, -0.2) is 59.3 Å². The number of aryl methyl sites for hydroxylation is 1. The fraction of sp³-hybridized carbons (Fsp3) is 0.389. The van der Waals surface area contributed by atoms with E-state index in [9.17, 15) is 9.59 Å². The molecule has 2 heterocycles. The van der Waals surface area contributed by atoms with Gasteiger partial charge in [-0.05, 0) is 25.5 Å². The molecule has 0 radical (unpaired) electrons. The van der Waals surface area contributed by atoms with Crippen LogP contribution in [-0.2, 0) is 0 Å². The Labute approximate surface area is 151 Å². The number of benzene rings is 1. The van der Waals surface area contributed by atoms with Gasteiger partial charge in [-0.25, -0.2) is 9.59 Å². The number of nitrogens with one attached hydrogen (secondary N) is 3. The van der Waals surface area contributed by atoms with Crippen molar-refractivity contribution in [3.05, 3.63) is 36.0 Å². The number of aromatic nitrogens is 1. The van der Waals surface area contributed by atoms with Crippen molar-refractivity contribution >= 4 is 28.7 Å². The number of fused-ring (bicyclic) bond motifs is 1. The molecule has 1 saturated heterocycles. The molecule has 138 valence electrons. The molecule has 8 heteroatoms. The van der Waals surface area contributed by atoms with E-state index in [1.807, 2.05) is 37.3 Å². The topological polar surface area (TPSA) is 107 Å². The Morgan fingerprint density at radius 1 is 1.35 bits per heavy atom. The highest BCUT2D eigenvalue weighted by molar-refractivity contribution is 6.00.